The van der Waals surface area contributed by atoms with Crippen LogP contribution in [0.3, 0.4) is 0 Å². The van der Waals surface area contributed by atoms with Crippen LogP contribution in [-0.2, 0) is 0 Å². The highest BCUT2D eigenvalue weighted by Crippen LogP contribution is 2.43. The van der Waals surface area contributed by atoms with Crippen molar-refractivity contribution in [3.8, 4) is 0 Å². The molecule has 0 bridgehead atoms. The normalized spacial score (nSPS) is 12.8. The Morgan fingerprint density at radius 2 is 1.89 bits per heavy atom. The number of thiophene rings is 1. The minimum Gasteiger partial charge on any atom is -0.207 e. The molecule has 0 nitrogen and oxygen atoms in total. The summed E-state index contributed by atoms with van der Waals surface area (Å²) in [6, 6.07) is 3.09. The molecule has 0 saturated carbocycles. The molecule has 0 aliphatic carbocycles. The molecule has 1 aromatic carbocycles. The smallest absolute Gasteiger partial charge is 0.127 e. The van der Waals surface area contributed by atoms with Gasteiger partial charge in [0.2, 0.25) is 0 Å². The third kappa shape index (κ3) is 2.60. The second kappa shape index (κ2) is 5.49. The van der Waals surface area contributed by atoms with Crippen molar-refractivity contribution in [1.82, 2.24) is 0 Å². The number of hydrogen-bond acceptors (Lipinski definition) is 1. The van der Waals surface area contributed by atoms with Crippen molar-refractivity contribution < 1.29 is 4.39 Å². The van der Waals surface area contributed by atoms with Gasteiger partial charge in [-0.15, -0.1) is 11.3 Å². The molecule has 5 heteroatoms. The average molecular weight is 368 g/mol. The van der Waals surface area contributed by atoms with Gasteiger partial charge in [0, 0.05) is 9.90 Å². The van der Waals surface area contributed by atoms with Gasteiger partial charge in [-0.3, -0.25) is 0 Å². The van der Waals surface area contributed by atoms with E-state index in [1.54, 1.807) is 24.3 Å². The van der Waals surface area contributed by atoms with Gasteiger partial charge < -0.3 is 0 Å². The summed E-state index contributed by atoms with van der Waals surface area (Å²) in [4.78, 5) is 0.873. The summed E-state index contributed by atoms with van der Waals surface area (Å²) in [6.07, 6.45) is 0. The van der Waals surface area contributed by atoms with Crippen LogP contribution in [0.2, 0.25) is 10.0 Å². The maximum absolute atomic E-state index is 13.4. The van der Waals surface area contributed by atoms with E-state index in [-0.39, 0.29) is 10.6 Å². The van der Waals surface area contributed by atoms with Crippen LogP contribution in [0.15, 0.2) is 17.5 Å². The zero-order valence-electron chi connectivity index (χ0n) is 9.73. The maximum atomic E-state index is 13.4. The highest BCUT2D eigenvalue weighted by Gasteiger charge is 2.20. The number of aryl methyl sites for hydroxylation is 2. The molecule has 96 valence electrons. The summed E-state index contributed by atoms with van der Waals surface area (Å²) in [5.74, 6) is -0.295. The van der Waals surface area contributed by atoms with Gasteiger partial charge in [-0.1, -0.05) is 45.2 Å². The number of benzene rings is 1. The summed E-state index contributed by atoms with van der Waals surface area (Å²) < 4.78 is 13.4. The highest BCUT2D eigenvalue weighted by atomic mass is 79.9. The molecule has 1 heterocycles. The van der Waals surface area contributed by atoms with Crippen molar-refractivity contribution in [2.75, 3.05) is 0 Å². The van der Waals surface area contributed by atoms with Gasteiger partial charge in [0.1, 0.15) is 5.82 Å². The first kappa shape index (κ1) is 14.3. The summed E-state index contributed by atoms with van der Waals surface area (Å²) in [5.41, 5.74) is 2.44. The molecule has 0 N–H and O–H groups in total. The molecule has 0 fully saturated rings. The summed E-state index contributed by atoms with van der Waals surface area (Å²) >= 11 is 17.5. The molecule has 0 aliphatic rings. The SMILES string of the molecule is Cc1cc(C(Br)c2scc(C)c2Cl)c(Cl)cc1F. The van der Waals surface area contributed by atoms with Crippen LogP contribution < -0.4 is 0 Å². The molecular formula is C13H10BrCl2FS. The van der Waals surface area contributed by atoms with Gasteiger partial charge in [0.25, 0.3) is 0 Å². The van der Waals surface area contributed by atoms with Gasteiger partial charge >= 0.3 is 0 Å². The minimum atomic E-state index is -0.295. The summed E-state index contributed by atoms with van der Waals surface area (Å²) in [5, 5.41) is 3.14. The predicted octanol–water partition coefficient (Wildman–Crippen LogP) is 6.30. The van der Waals surface area contributed by atoms with Crippen molar-refractivity contribution in [3.05, 3.63) is 54.9 Å². The second-order valence-electron chi connectivity index (χ2n) is 4.08. The lowest BCUT2D eigenvalue weighted by Crippen LogP contribution is -1.95. The molecule has 1 unspecified atom stereocenters. The standard InChI is InChI=1S/C13H10BrCl2FS/c1-6-3-8(9(15)4-10(6)17)11(14)13-12(16)7(2)5-18-13/h3-5,11H,1-2H3. The Balaban J connectivity index is 2.49. The lowest BCUT2D eigenvalue weighted by Gasteiger charge is -2.13. The predicted molar refractivity (Wildman–Crippen MR) is 81.0 cm³/mol. The van der Waals surface area contributed by atoms with Gasteiger partial charge in [0.15, 0.2) is 0 Å². The molecule has 0 spiro atoms. The van der Waals surface area contributed by atoms with Crippen LogP contribution in [0.25, 0.3) is 0 Å². The van der Waals surface area contributed by atoms with Crippen molar-refractivity contribution in [1.29, 1.82) is 0 Å². The molecule has 18 heavy (non-hydrogen) atoms. The first-order valence-corrected chi connectivity index (χ1v) is 7.80. The average Bonchev–Trinajstić information content (AvgIpc) is 2.64. The molecule has 0 amide bonds. The van der Waals surface area contributed by atoms with Gasteiger partial charge in [-0.25, -0.2) is 4.39 Å². The largest absolute Gasteiger partial charge is 0.207 e. The van der Waals surface area contributed by atoms with E-state index < -0.39 is 0 Å². The Kier molecular flexibility index (Phi) is 4.37. The van der Waals surface area contributed by atoms with Crippen molar-refractivity contribution in [2.45, 2.75) is 18.7 Å². The fourth-order valence-corrected chi connectivity index (χ4v) is 4.38. The van der Waals surface area contributed by atoms with Crippen LogP contribution in [0.5, 0.6) is 0 Å². The molecular weight excluding hydrogens is 358 g/mol. The molecule has 0 radical (unpaired) electrons. The number of alkyl halides is 1. The first-order valence-electron chi connectivity index (χ1n) is 5.25. The zero-order chi connectivity index (χ0) is 13.4. The number of rotatable bonds is 2. The minimum absolute atomic E-state index is 0.115. The lowest BCUT2D eigenvalue weighted by molar-refractivity contribution is 0.618. The Morgan fingerprint density at radius 1 is 1.22 bits per heavy atom. The van der Waals surface area contributed by atoms with Crippen molar-refractivity contribution >= 4 is 50.5 Å². The van der Waals surface area contributed by atoms with Crippen LogP contribution in [0.1, 0.15) is 26.4 Å². The topological polar surface area (TPSA) is 0 Å². The van der Waals surface area contributed by atoms with E-state index in [1.165, 1.54) is 6.07 Å². The van der Waals surface area contributed by atoms with E-state index in [1.807, 2.05) is 12.3 Å². The Bertz CT molecular complexity index is 595. The molecule has 0 saturated heterocycles. The quantitative estimate of drug-likeness (QED) is 0.546. The molecule has 2 aromatic rings. The summed E-state index contributed by atoms with van der Waals surface area (Å²) in [7, 11) is 0. The van der Waals surface area contributed by atoms with Crippen molar-refractivity contribution in [2.24, 2.45) is 0 Å². The second-order valence-corrected chi connectivity index (χ2v) is 6.69. The third-order valence-corrected chi connectivity index (χ3v) is 6.07. The molecule has 2 rings (SSSR count). The van der Waals surface area contributed by atoms with Crippen molar-refractivity contribution in [3.63, 3.8) is 0 Å². The first-order chi connectivity index (χ1) is 8.41. The monoisotopic (exact) mass is 366 g/mol. The van der Waals surface area contributed by atoms with Gasteiger partial charge in [0.05, 0.1) is 9.85 Å². The number of hydrogen-bond donors (Lipinski definition) is 0. The Morgan fingerprint density at radius 3 is 2.44 bits per heavy atom. The molecule has 0 aliphatic heterocycles. The van der Waals surface area contributed by atoms with Crippen LogP contribution in [0.4, 0.5) is 4.39 Å². The lowest BCUT2D eigenvalue weighted by atomic mass is 10.1. The fourth-order valence-electron chi connectivity index (χ4n) is 1.64. The summed E-state index contributed by atoms with van der Waals surface area (Å²) in [6.45, 7) is 3.68. The fraction of sp³-hybridized carbons (Fsp3) is 0.231. The van der Waals surface area contributed by atoms with E-state index in [4.69, 9.17) is 23.2 Å². The van der Waals surface area contributed by atoms with E-state index in [2.05, 4.69) is 15.9 Å². The van der Waals surface area contributed by atoms with Crippen LogP contribution in [0, 0.1) is 19.7 Å². The van der Waals surface area contributed by atoms with Crippen LogP contribution in [-0.4, -0.2) is 0 Å². The van der Waals surface area contributed by atoms with E-state index in [9.17, 15) is 4.39 Å². The third-order valence-electron chi connectivity index (χ3n) is 2.71. The maximum Gasteiger partial charge on any atom is 0.127 e. The van der Waals surface area contributed by atoms with E-state index in [0.717, 1.165) is 21.0 Å². The Labute approximate surface area is 128 Å². The molecule has 1 aromatic heterocycles. The Hall–Kier alpha value is -0.0900. The van der Waals surface area contributed by atoms with E-state index >= 15 is 0 Å². The van der Waals surface area contributed by atoms with Gasteiger partial charge in [-0.05, 0) is 42.0 Å². The zero-order valence-corrected chi connectivity index (χ0v) is 13.6. The van der Waals surface area contributed by atoms with Crippen LogP contribution >= 0.6 is 50.5 Å². The van der Waals surface area contributed by atoms with E-state index in [0.29, 0.717) is 10.6 Å². The highest BCUT2D eigenvalue weighted by molar-refractivity contribution is 9.09. The molecule has 1 atom stereocenters. The van der Waals surface area contributed by atoms with Gasteiger partial charge in [-0.2, -0.15) is 0 Å². The number of halogens is 4.